The zero-order valence-electron chi connectivity index (χ0n) is 13.7. The number of aromatic nitrogens is 4. The van der Waals surface area contributed by atoms with Gasteiger partial charge in [0, 0.05) is 25.1 Å². The molecule has 1 amide bonds. The van der Waals surface area contributed by atoms with Gasteiger partial charge in [0.2, 0.25) is 0 Å². The van der Waals surface area contributed by atoms with Crippen molar-refractivity contribution < 1.29 is 4.79 Å². The van der Waals surface area contributed by atoms with Gasteiger partial charge in [-0.3, -0.25) is 14.5 Å². The number of fused-ring (bicyclic) bond motifs is 1. The summed E-state index contributed by atoms with van der Waals surface area (Å²) in [5.41, 5.74) is 3.88. The number of amides is 1. The number of hydrogen-bond acceptors (Lipinski definition) is 4. The highest BCUT2D eigenvalue weighted by atomic mass is 16.1. The van der Waals surface area contributed by atoms with Gasteiger partial charge in [-0.2, -0.15) is 5.10 Å². The molecule has 1 unspecified atom stereocenters. The predicted octanol–water partition coefficient (Wildman–Crippen LogP) is 2.47. The van der Waals surface area contributed by atoms with Crippen molar-refractivity contribution >= 4 is 16.9 Å². The number of nitrogens with one attached hydrogen (secondary N) is 1. The lowest BCUT2D eigenvalue weighted by molar-refractivity contribution is 0.0941. The van der Waals surface area contributed by atoms with Crippen molar-refractivity contribution in [3.8, 4) is 0 Å². The Morgan fingerprint density at radius 2 is 2.13 bits per heavy atom. The summed E-state index contributed by atoms with van der Waals surface area (Å²) >= 11 is 0. The van der Waals surface area contributed by atoms with E-state index >= 15 is 0 Å². The van der Waals surface area contributed by atoms with Crippen LogP contribution in [0.4, 0.5) is 0 Å². The van der Waals surface area contributed by atoms with Gasteiger partial charge in [0.25, 0.3) is 5.91 Å². The Bertz CT molecular complexity index is 870. The van der Waals surface area contributed by atoms with Gasteiger partial charge in [-0.25, -0.2) is 4.98 Å². The van der Waals surface area contributed by atoms with Gasteiger partial charge in [-0.1, -0.05) is 6.07 Å². The van der Waals surface area contributed by atoms with Crippen molar-refractivity contribution in [2.24, 2.45) is 7.05 Å². The van der Waals surface area contributed by atoms with Gasteiger partial charge in [0.1, 0.15) is 0 Å². The normalized spacial score (nSPS) is 12.3. The molecule has 0 aliphatic heterocycles. The summed E-state index contributed by atoms with van der Waals surface area (Å²) in [6.07, 6.45) is 3.47. The van der Waals surface area contributed by atoms with Crippen molar-refractivity contribution in [1.82, 2.24) is 25.1 Å². The number of carbonyl (C=O) groups excluding carboxylic acids is 1. The molecule has 0 bridgehead atoms. The van der Waals surface area contributed by atoms with Crippen molar-refractivity contribution in [2.75, 3.05) is 0 Å². The van der Waals surface area contributed by atoms with Crippen LogP contribution in [0.2, 0.25) is 0 Å². The van der Waals surface area contributed by atoms with Crippen LogP contribution in [0.15, 0.2) is 30.6 Å². The van der Waals surface area contributed by atoms with Crippen molar-refractivity contribution in [2.45, 2.75) is 26.8 Å². The van der Waals surface area contributed by atoms with E-state index in [1.165, 1.54) is 0 Å². The Kier molecular flexibility index (Phi) is 3.82. The third-order valence-electron chi connectivity index (χ3n) is 3.87. The molecule has 3 aromatic heterocycles. The predicted molar refractivity (Wildman–Crippen MR) is 88.1 cm³/mol. The Balaban J connectivity index is 1.98. The summed E-state index contributed by atoms with van der Waals surface area (Å²) in [5, 5.41) is 8.20. The lowest BCUT2D eigenvalue weighted by atomic mass is 10.1. The number of aryl methyl sites for hydroxylation is 3. The average Bonchev–Trinajstić information content (AvgIpc) is 2.81. The number of carbonyl (C=O) groups is 1. The Morgan fingerprint density at radius 3 is 2.83 bits per heavy atom. The Labute approximate surface area is 134 Å². The molecule has 1 N–H and O–H groups in total. The molecule has 1 atom stereocenters. The number of nitrogens with zero attached hydrogens (tertiary/aromatic N) is 4. The Hall–Kier alpha value is -2.76. The van der Waals surface area contributed by atoms with E-state index in [9.17, 15) is 4.79 Å². The lowest BCUT2D eigenvalue weighted by Crippen LogP contribution is -2.27. The second kappa shape index (κ2) is 5.79. The minimum Gasteiger partial charge on any atom is -0.345 e. The van der Waals surface area contributed by atoms with Crippen LogP contribution < -0.4 is 5.32 Å². The molecule has 0 aliphatic carbocycles. The molecule has 0 fully saturated rings. The molecule has 3 aromatic rings. The van der Waals surface area contributed by atoms with Gasteiger partial charge in [0.05, 0.1) is 22.7 Å². The first-order valence-corrected chi connectivity index (χ1v) is 7.49. The topological polar surface area (TPSA) is 72.7 Å². The van der Waals surface area contributed by atoms with E-state index in [2.05, 4.69) is 20.4 Å². The maximum atomic E-state index is 12.8. The van der Waals surface area contributed by atoms with Gasteiger partial charge < -0.3 is 5.32 Å². The van der Waals surface area contributed by atoms with Gasteiger partial charge >= 0.3 is 0 Å². The average molecular weight is 309 g/mol. The quantitative estimate of drug-likeness (QED) is 0.806. The Morgan fingerprint density at radius 1 is 1.35 bits per heavy atom. The molecule has 0 spiro atoms. The molecule has 118 valence electrons. The largest absolute Gasteiger partial charge is 0.345 e. The molecule has 3 heterocycles. The van der Waals surface area contributed by atoms with Crippen molar-refractivity contribution in [3.05, 3.63) is 53.1 Å². The minimum atomic E-state index is -0.132. The fourth-order valence-corrected chi connectivity index (χ4v) is 2.74. The smallest absolute Gasteiger partial charge is 0.252 e. The van der Waals surface area contributed by atoms with Gasteiger partial charge in [-0.15, -0.1) is 0 Å². The second-order valence-electron chi connectivity index (χ2n) is 5.70. The molecule has 0 saturated carbocycles. The third kappa shape index (κ3) is 2.79. The summed E-state index contributed by atoms with van der Waals surface area (Å²) in [5.74, 6) is -0.132. The maximum absolute atomic E-state index is 12.8. The zero-order chi connectivity index (χ0) is 16.6. The zero-order valence-corrected chi connectivity index (χ0v) is 13.7. The SMILES string of the molecule is Cc1cc(C(=O)NC(C)c2cccnc2)c2c(C)nn(C)c2n1. The van der Waals surface area contributed by atoms with E-state index in [0.29, 0.717) is 5.56 Å². The van der Waals surface area contributed by atoms with Crippen LogP contribution in [0.1, 0.15) is 40.3 Å². The van der Waals surface area contributed by atoms with Crippen LogP contribution >= 0.6 is 0 Å². The lowest BCUT2D eigenvalue weighted by Gasteiger charge is -2.14. The van der Waals surface area contributed by atoms with Crippen LogP contribution in [-0.2, 0) is 7.05 Å². The highest BCUT2D eigenvalue weighted by Gasteiger charge is 2.19. The minimum absolute atomic E-state index is 0.128. The van der Waals surface area contributed by atoms with Crippen LogP contribution in [0.5, 0.6) is 0 Å². The van der Waals surface area contributed by atoms with Crippen LogP contribution in [-0.4, -0.2) is 25.7 Å². The first-order chi connectivity index (χ1) is 11.0. The molecule has 23 heavy (non-hydrogen) atoms. The van der Waals surface area contributed by atoms with E-state index in [0.717, 1.165) is 28.0 Å². The van der Waals surface area contributed by atoms with E-state index in [-0.39, 0.29) is 11.9 Å². The number of rotatable bonds is 3. The van der Waals surface area contributed by atoms with Crippen molar-refractivity contribution in [1.29, 1.82) is 0 Å². The summed E-state index contributed by atoms with van der Waals surface area (Å²) in [4.78, 5) is 21.3. The standard InChI is InChI=1S/C17H19N5O/c1-10-8-14(15-12(3)21-22(4)16(15)19-10)17(23)20-11(2)13-6-5-7-18-9-13/h5-9,11H,1-4H3,(H,20,23). The van der Waals surface area contributed by atoms with E-state index in [4.69, 9.17) is 0 Å². The van der Waals surface area contributed by atoms with Crippen LogP contribution in [0, 0.1) is 13.8 Å². The highest BCUT2D eigenvalue weighted by molar-refractivity contribution is 6.06. The van der Waals surface area contributed by atoms with E-state index < -0.39 is 0 Å². The van der Waals surface area contributed by atoms with Crippen LogP contribution in [0.3, 0.4) is 0 Å². The molecule has 3 rings (SSSR count). The fraction of sp³-hybridized carbons (Fsp3) is 0.294. The summed E-state index contributed by atoms with van der Waals surface area (Å²) < 4.78 is 1.71. The molecule has 0 aromatic carbocycles. The first-order valence-electron chi connectivity index (χ1n) is 7.49. The molecular formula is C17H19N5O. The maximum Gasteiger partial charge on any atom is 0.252 e. The second-order valence-corrected chi connectivity index (χ2v) is 5.70. The summed E-state index contributed by atoms with van der Waals surface area (Å²) in [6, 6.07) is 5.48. The van der Waals surface area contributed by atoms with Gasteiger partial charge in [-0.05, 0) is 38.5 Å². The first kappa shape index (κ1) is 15.1. The molecule has 6 nitrogen and oxygen atoms in total. The molecule has 0 saturated heterocycles. The van der Waals surface area contributed by atoms with Crippen LogP contribution in [0.25, 0.3) is 11.0 Å². The summed E-state index contributed by atoms with van der Waals surface area (Å²) in [6.45, 7) is 5.71. The fourth-order valence-electron chi connectivity index (χ4n) is 2.74. The number of pyridine rings is 2. The molecular weight excluding hydrogens is 290 g/mol. The van der Waals surface area contributed by atoms with E-state index in [1.807, 2.05) is 46.0 Å². The molecule has 6 heteroatoms. The molecule has 0 radical (unpaired) electrons. The molecule has 0 aliphatic rings. The third-order valence-corrected chi connectivity index (χ3v) is 3.87. The summed E-state index contributed by atoms with van der Waals surface area (Å²) in [7, 11) is 1.84. The highest BCUT2D eigenvalue weighted by Crippen LogP contribution is 2.22. The van der Waals surface area contributed by atoms with Gasteiger partial charge in [0.15, 0.2) is 5.65 Å². The number of hydrogen-bond donors (Lipinski definition) is 1. The van der Waals surface area contributed by atoms with Crippen molar-refractivity contribution in [3.63, 3.8) is 0 Å². The van der Waals surface area contributed by atoms with E-state index in [1.54, 1.807) is 17.1 Å². The monoisotopic (exact) mass is 309 g/mol.